The van der Waals surface area contributed by atoms with Crippen LogP contribution in [0.25, 0.3) is 0 Å². The van der Waals surface area contributed by atoms with Gasteiger partial charge in [-0.2, -0.15) is 0 Å². The maximum absolute atomic E-state index is 2.52. The van der Waals surface area contributed by atoms with Crippen LogP contribution in [0.5, 0.6) is 0 Å². The summed E-state index contributed by atoms with van der Waals surface area (Å²) in [7, 11) is 0. The van der Waals surface area contributed by atoms with Gasteiger partial charge in [-0.3, -0.25) is 0 Å². The van der Waals surface area contributed by atoms with E-state index in [0.717, 1.165) is 63.0 Å². The summed E-state index contributed by atoms with van der Waals surface area (Å²) < 4.78 is 0.738. The van der Waals surface area contributed by atoms with E-state index >= 15 is 0 Å². The molecule has 0 radical (unpaired) electrons. The summed E-state index contributed by atoms with van der Waals surface area (Å²) in [5, 5.41) is 6.09. The second-order valence-electron chi connectivity index (χ2n) is 3.79. The van der Waals surface area contributed by atoms with Crippen molar-refractivity contribution in [1.29, 1.82) is 0 Å². The summed E-state index contributed by atoms with van der Waals surface area (Å²) in [6.45, 7) is 5.03. The molecule has 0 N–H and O–H groups in total. The third-order valence-electron chi connectivity index (χ3n) is 1.88. The molecule has 0 fully saturated rings. The Hall–Kier alpha value is 2.08. The van der Waals surface area contributed by atoms with E-state index in [2.05, 4.69) is 25.5 Å². The van der Waals surface area contributed by atoms with Gasteiger partial charge in [0.25, 0.3) is 0 Å². The van der Waals surface area contributed by atoms with Crippen LogP contribution in [0, 0.1) is 0 Å². The van der Waals surface area contributed by atoms with E-state index in [1.807, 2.05) is 0 Å². The van der Waals surface area contributed by atoms with Crippen molar-refractivity contribution in [3.05, 3.63) is 0 Å². The average Bonchev–Trinajstić information content (AvgIpc) is 2.20. The Bertz CT molecular complexity index is 123. The van der Waals surface area contributed by atoms with E-state index < -0.39 is 0 Å². The van der Waals surface area contributed by atoms with Crippen molar-refractivity contribution in [3.63, 3.8) is 0 Å². The Balaban J connectivity index is 3.40. The molecule has 0 nitrogen and oxygen atoms in total. The molecule has 0 heterocycles. The monoisotopic (exact) mass is 476 g/mol. The van der Waals surface area contributed by atoms with Gasteiger partial charge in [0.15, 0.2) is 0 Å². The van der Waals surface area contributed by atoms with Crippen LogP contribution in [-0.2, 0) is 0 Å². The maximum atomic E-state index is 2.52. The summed E-state index contributed by atoms with van der Waals surface area (Å²) >= 11 is 3.65. The van der Waals surface area contributed by atoms with Crippen LogP contribution in [0.3, 0.4) is 0 Å². The zero-order chi connectivity index (χ0) is 11.6. The molecule has 0 saturated heterocycles. The molecule has 0 amide bonds. The SMILES string of the molecule is C[Se]CCC[Se]C(C)(C)[Se]CCC[Se]C. The molecule has 0 unspecified atom stereocenters. The summed E-state index contributed by atoms with van der Waals surface area (Å²) in [6.07, 6.45) is 3.02. The fourth-order valence-electron chi connectivity index (χ4n) is 1.08. The number of hydrogen-bond acceptors (Lipinski definition) is 0. The van der Waals surface area contributed by atoms with Crippen molar-refractivity contribution in [3.8, 4) is 0 Å². The zero-order valence-electron chi connectivity index (χ0n) is 10.4. The van der Waals surface area contributed by atoms with Crippen LogP contribution in [0.2, 0.25) is 36.1 Å². The number of rotatable bonds is 10. The van der Waals surface area contributed by atoms with Gasteiger partial charge >= 0.3 is 123 Å². The van der Waals surface area contributed by atoms with Gasteiger partial charge in [0.05, 0.1) is 0 Å². The Labute approximate surface area is 122 Å². The van der Waals surface area contributed by atoms with Crippen LogP contribution in [0.1, 0.15) is 26.7 Å². The predicted octanol–water partition coefficient (Wildman–Crippen LogP) is 3.51. The van der Waals surface area contributed by atoms with E-state index in [1.54, 1.807) is 0 Å². The van der Waals surface area contributed by atoms with Gasteiger partial charge in [0.2, 0.25) is 0 Å². The van der Waals surface area contributed by atoms with E-state index in [-0.39, 0.29) is 0 Å². The fraction of sp³-hybridized carbons (Fsp3) is 1.00. The third-order valence-corrected chi connectivity index (χ3v) is 12.4. The van der Waals surface area contributed by atoms with Gasteiger partial charge in [0.1, 0.15) is 0 Å². The van der Waals surface area contributed by atoms with Gasteiger partial charge in [-0.25, -0.2) is 0 Å². The molecule has 0 saturated carbocycles. The fourth-order valence-corrected chi connectivity index (χ4v) is 10.9. The first-order valence-electron chi connectivity index (χ1n) is 5.38. The van der Waals surface area contributed by atoms with Crippen molar-refractivity contribution in [2.45, 2.75) is 62.8 Å². The summed E-state index contributed by atoms with van der Waals surface area (Å²) in [4.78, 5) is 0. The Morgan fingerprint density at radius 3 is 1.47 bits per heavy atom. The third kappa shape index (κ3) is 12.3. The molecule has 0 aromatic rings. The molecule has 0 atom stereocenters. The molecular weight excluding hydrogens is 448 g/mol. The first-order valence-corrected chi connectivity index (χ1v) is 15.4. The molecule has 0 aromatic carbocycles. The number of hydrogen-bond donors (Lipinski definition) is 0. The molecule has 0 aromatic heterocycles. The molecule has 0 rings (SSSR count). The first kappa shape index (κ1) is 17.1. The van der Waals surface area contributed by atoms with Crippen LogP contribution < -0.4 is 0 Å². The summed E-state index contributed by atoms with van der Waals surface area (Å²) in [5.41, 5.74) is 0. The normalized spacial score (nSPS) is 12.0. The van der Waals surface area contributed by atoms with Crippen molar-refractivity contribution in [2.24, 2.45) is 0 Å². The van der Waals surface area contributed by atoms with Crippen LogP contribution in [0.4, 0.5) is 0 Å². The minimum absolute atomic E-state index is 0.738. The molecule has 15 heavy (non-hydrogen) atoms. The molecule has 4 heteroatoms. The van der Waals surface area contributed by atoms with Gasteiger partial charge in [-0.05, 0) is 0 Å². The van der Waals surface area contributed by atoms with E-state index in [9.17, 15) is 0 Å². The van der Waals surface area contributed by atoms with Gasteiger partial charge in [-0.15, -0.1) is 0 Å². The van der Waals surface area contributed by atoms with Crippen LogP contribution in [0.15, 0.2) is 0 Å². The Kier molecular flexibility index (Phi) is 12.7. The molecule has 0 aliphatic carbocycles. The van der Waals surface area contributed by atoms with Crippen LogP contribution >= 0.6 is 0 Å². The second-order valence-corrected chi connectivity index (χ2v) is 16.4. The van der Waals surface area contributed by atoms with Crippen molar-refractivity contribution in [1.82, 2.24) is 0 Å². The van der Waals surface area contributed by atoms with Crippen molar-refractivity contribution >= 4 is 59.8 Å². The van der Waals surface area contributed by atoms with Crippen molar-refractivity contribution in [2.75, 3.05) is 0 Å². The Morgan fingerprint density at radius 2 is 1.13 bits per heavy atom. The Morgan fingerprint density at radius 1 is 0.733 bits per heavy atom. The average molecular weight is 472 g/mol. The van der Waals surface area contributed by atoms with E-state index in [1.165, 1.54) is 34.1 Å². The molecule has 92 valence electrons. The quantitative estimate of drug-likeness (QED) is 0.338. The van der Waals surface area contributed by atoms with Crippen LogP contribution in [-0.4, -0.2) is 59.8 Å². The predicted molar refractivity (Wildman–Crippen MR) is 77.2 cm³/mol. The topological polar surface area (TPSA) is 0 Å². The van der Waals surface area contributed by atoms with E-state index in [0.29, 0.717) is 0 Å². The van der Waals surface area contributed by atoms with Gasteiger partial charge in [-0.1, -0.05) is 0 Å². The standard InChI is InChI=1S/C11H24Se4/c1-11(2,14-9-5-7-12-3)15-10-6-8-13-4/h5-10H2,1-4H3. The molecule has 0 bridgehead atoms. The molecule has 0 spiro atoms. The first-order chi connectivity index (χ1) is 7.12. The van der Waals surface area contributed by atoms with Gasteiger partial charge < -0.3 is 0 Å². The van der Waals surface area contributed by atoms with Gasteiger partial charge in [0, 0.05) is 0 Å². The molecule has 0 aliphatic rings. The van der Waals surface area contributed by atoms with E-state index in [4.69, 9.17) is 0 Å². The minimum atomic E-state index is 0.738. The second kappa shape index (κ2) is 11.2. The van der Waals surface area contributed by atoms with Crippen molar-refractivity contribution < 1.29 is 0 Å². The summed E-state index contributed by atoms with van der Waals surface area (Å²) in [6, 6.07) is 0. The molecular formula is C11H24Se4. The summed E-state index contributed by atoms with van der Waals surface area (Å²) in [5.74, 6) is 4.73. The zero-order valence-corrected chi connectivity index (χ0v) is 17.2. The molecule has 0 aliphatic heterocycles.